The van der Waals surface area contributed by atoms with E-state index in [1.54, 1.807) is 29.9 Å². The maximum atomic E-state index is 5.68. The molecule has 0 saturated carbocycles. The van der Waals surface area contributed by atoms with Gasteiger partial charge in [-0.2, -0.15) is 0 Å². The Labute approximate surface area is 171 Å². The summed E-state index contributed by atoms with van der Waals surface area (Å²) in [6.07, 6.45) is 5.81. The number of aryl methyl sites for hydroxylation is 1. The standard InChI is InChI=1S/C21H19N5O2S/c1-13-10-15-19(25-20(26-21(15)29-13)16-12-22-6-7-23-16)24-5-4-14-2-3-17-18(11-14)28-9-8-27-17/h2-3,6-7,10-12H,4-5,8-9H2,1H3,(H,24,25,26). The molecule has 1 N–H and O–H groups in total. The number of benzene rings is 1. The monoisotopic (exact) mass is 405 g/mol. The summed E-state index contributed by atoms with van der Waals surface area (Å²) in [7, 11) is 0. The van der Waals surface area contributed by atoms with Crippen molar-refractivity contribution in [2.75, 3.05) is 25.1 Å². The van der Waals surface area contributed by atoms with E-state index in [9.17, 15) is 0 Å². The lowest BCUT2D eigenvalue weighted by atomic mass is 10.1. The number of nitrogens with one attached hydrogen (secondary N) is 1. The normalized spacial score (nSPS) is 12.9. The Morgan fingerprint density at radius 1 is 1.07 bits per heavy atom. The van der Waals surface area contributed by atoms with Gasteiger partial charge in [-0.15, -0.1) is 11.3 Å². The Bertz CT molecular complexity index is 1160. The number of hydrogen-bond donors (Lipinski definition) is 1. The summed E-state index contributed by atoms with van der Waals surface area (Å²) in [5, 5.41) is 4.50. The summed E-state index contributed by atoms with van der Waals surface area (Å²) in [5.41, 5.74) is 1.85. The van der Waals surface area contributed by atoms with Gasteiger partial charge in [0.05, 0.1) is 11.6 Å². The minimum atomic E-state index is 0.578. The van der Waals surface area contributed by atoms with Crippen molar-refractivity contribution in [3.63, 3.8) is 0 Å². The first-order valence-corrected chi connectivity index (χ1v) is 10.2. The number of fused-ring (bicyclic) bond motifs is 2. The van der Waals surface area contributed by atoms with Gasteiger partial charge in [-0.3, -0.25) is 4.98 Å². The van der Waals surface area contributed by atoms with Crippen molar-refractivity contribution < 1.29 is 9.47 Å². The molecule has 4 heterocycles. The van der Waals surface area contributed by atoms with E-state index in [0.29, 0.717) is 24.7 Å². The maximum absolute atomic E-state index is 5.68. The van der Waals surface area contributed by atoms with Crippen molar-refractivity contribution in [3.05, 3.63) is 53.3 Å². The molecule has 1 aliphatic rings. The van der Waals surface area contributed by atoms with E-state index in [0.717, 1.165) is 40.5 Å². The van der Waals surface area contributed by atoms with Crippen molar-refractivity contribution in [2.45, 2.75) is 13.3 Å². The molecule has 0 spiro atoms. The fourth-order valence-electron chi connectivity index (χ4n) is 3.27. The molecule has 0 saturated heterocycles. The van der Waals surface area contributed by atoms with Gasteiger partial charge in [0, 0.05) is 23.8 Å². The second-order valence-corrected chi connectivity index (χ2v) is 7.95. The van der Waals surface area contributed by atoms with Crippen LogP contribution >= 0.6 is 11.3 Å². The van der Waals surface area contributed by atoms with E-state index in [2.05, 4.69) is 39.3 Å². The lowest BCUT2D eigenvalue weighted by Crippen LogP contribution is -2.15. The van der Waals surface area contributed by atoms with Crippen LogP contribution in [0.5, 0.6) is 11.5 Å². The third-order valence-electron chi connectivity index (χ3n) is 4.62. The Balaban J connectivity index is 1.38. The number of thiophene rings is 1. The lowest BCUT2D eigenvalue weighted by Gasteiger charge is -2.19. The first-order chi connectivity index (χ1) is 14.3. The molecule has 0 amide bonds. The van der Waals surface area contributed by atoms with Crippen LogP contribution in [0.3, 0.4) is 0 Å². The molecule has 0 aliphatic carbocycles. The third kappa shape index (κ3) is 3.71. The Kier molecular flexibility index (Phi) is 4.69. The van der Waals surface area contributed by atoms with Crippen LogP contribution in [-0.4, -0.2) is 39.7 Å². The van der Waals surface area contributed by atoms with Crippen molar-refractivity contribution in [2.24, 2.45) is 0 Å². The molecule has 0 radical (unpaired) electrons. The second kappa shape index (κ2) is 7.63. The van der Waals surface area contributed by atoms with Crippen LogP contribution in [0.4, 0.5) is 5.82 Å². The molecule has 3 aromatic heterocycles. The van der Waals surface area contributed by atoms with E-state index in [1.807, 2.05) is 12.1 Å². The number of hydrogen-bond acceptors (Lipinski definition) is 8. The Hall–Kier alpha value is -3.26. The smallest absolute Gasteiger partial charge is 0.183 e. The molecule has 7 nitrogen and oxygen atoms in total. The lowest BCUT2D eigenvalue weighted by molar-refractivity contribution is 0.171. The molecule has 0 unspecified atom stereocenters. The van der Waals surface area contributed by atoms with E-state index < -0.39 is 0 Å². The summed E-state index contributed by atoms with van der Waals surface area (Å²) in [6.45, 7) is 4.01. The summed E-state index contributed by atoms with van der Waals surface area (Å²) >= 11 is 1.65. The minimum Gasteiger partial charge on any atom is -0.486 e. The van der Waals surface area contributed by atoms with E-state index in [4.69, 9.17) is 14.5 Å². The molecule has 29 heavy (non-hydrogen) atoms. The van der Waals surface area contributed by atoms with Crippen LogP contribution in [-0.2, 0) is 6.42 Å². The van der Waals surface area contributed by atoms with Crippen LogP contribution in [0.2, 0.25) is 0 Å². The van der Waals surface area contributed by atoms with Gasteiger partial charge in [-0.25, -0.2) is 15.0 Å². The van der Waals surface area contributed by atoms with Crippen LogP contribution in [0.25, 0.3) is 21.7 Å². The molecule has 146 valence electrons. The maximum Gasteiger partial charge on any atom is 0.183 e. The molecule has 0 atom stereocenters. The number of rotatable bonds is 5. The minimum absolute atomic E-state index is 0.578. The summed E-state index contributed by atoms with van der Waals surface area (Å²) in [4.78, 5) is 20.0. The summed E-state index contributed by atoms with van der Waals surface area (Å²) in [5.74, 6) is 3.02. The Morgan fingerprint density at radius 3 is 2.83 bits per heavy atom. The summed E-state index contributed by atoms with van der Waals surface area (Å²) in [6, 6.07) is 8.21. The van der Waals surface area contributed by atoms with Crippen molar-refractivity contribution >= 4 is 27.4 Å². The fraction of sp³-hybridized carbons (Fsp3) is 0.238. The predicted molar refractivity (Wildman–Crippen MR) is 113 cm³/mol. The average molecular weight is 405 g/mol. The van der Waals surface area contributed by atoms with Crippen molar-refractivity contribution in [1.29, 1.82) is 0 Å². The van der Waals surface area contributed by atoms with Crippen LogP contribution < -0.4 is 14.8 Å². The van der Waals surface area contributed by atoms with Gasteiger partial charge in [0.2, 0.25) is 0 Å². The first kappa shape index (κ1) is 17.8. The van der Waals surface area contributed by atoms with Gasteiger partial charge in [-0.1, -0.05) is 6.07 Å². The van der Waals surface area contributed by atoms with Crippen LogP contribution in [0, 0.1) is 6.92 Å². The van der Waals surface area contributed by atoms with Gasteiger partial charge >= 0.3 is 0 Å². The molecular formula is C21H19N5O2S. The average Bonchev–Trinajstić information content (AvgIpc) is 3.14. The summed E-state index contributed by atoms with van der Waals surface area (Å²) < 4.78 is 11.3. The molecule has 1 aliphatic heterocycles. The molecular weight excluding hydrogens is 386 g/mol. The molecule has 5 rings (SSSR count). The highest BCUT2D eigenvalue weighted by Crippen LogP contribution is 2.32. The Morgan fingerprint density at radius 2 is 1.97 bits per heavy atom. The van der Waals surface area contributed by atoms with E-state index >= 15 is 0 Å². The molecule has 0 fully saturated rings. The van der Waals surface area contributed by atoms with E-state index in [1.165, 1.54) is 10.4 Å². The molecule has 4 aromatic rings. The number of nitrogens with zero attached hydrogens (tertiary/aromatic N) is 4. The van der Waals surface area contributed by atoms with Gasteiger partial charge in [0.25, 0.3) is 0 Å². The number of aromatic nitrogens is 4. The van der Waals surface area contributed by atoms with Crippen LogP contribution in [0.15, 0.2) is 42.9 Å². The topological polar surface area (TPSA) is 82.0 Å². The highest BCUT2D eigenvalue weighted by molar-refractivity contribution is 7.18. The third-order valence-corrected chi connectivity index (χ3v) is 5.57. The van der Waals surface area contributed by atoms with Crippen molar-refractivity contribution in [1.82, 2.24) is 19.9 Å². The predicted octanol–water partition coefficient (Wildman–Crippen LogP) is 3.88. The SMILES string of the molecule is Cc1cc2c(NCCc3ccc4c(c3)OCCO4)nc(-c3cnccn3)nc2s1. The zero-order valence-electron chi connectivity index (χ0n) is 15.9. The number of anilines is 1. The first-order valence-electron chi connectivity index (χ1n) is 9.43. The molecule has 0 bridgehead atoms. The van der Waals surface area contributed by atoms with Gasteiger partial charge in [0.15, 0.2) is 17.3 Å². The van der Waals surface area contributed by atoms with Gasteiger partial charge < -0.3 is 14.8 Å². The highest BCUT2D eigenvalue weighted by Gasteiger charge is 2.14. The largest absolute Gasteiger partial charge is 0.486 e. The zero-order valence-corrected chi connectivity index (χ0v) is 16.7. The highest BCUT2D eigenvalue weighted by atomic mass is 32.1. The van der Waals surface area contributed by atoms with E-state index in [-0.39, 0.29) is 0 Å². The van der Waals surface area contributed by atoms with Gasteiger partial charge in [0.1, 0.15) is 29.6 Å². The quantitative estimate of drug-likeness (QED) is 0.539. The van der Waals surface area contributed by atoms with Crippen LogP contribution in [0.1, 0.15) is 10.4 Å². The van der Waals surface area contributed by atoms with Gasteiger partial charge in [-0.05, 0) is 37.1 Å². The van der Waals surface area contributed by atoms with Crippen molar-refractivity contribution in [3.8, 4) is 23.0 Å². The fourth-order valence-corrected chi connectivity index (χ4v) is 4.15. The zero-order chi connectivity index (χ0) is 19.6. The molecule has 1 aromatic carbocycles. The molecule has 8 heteroatoms. The second-order valence-electron chi connectivity index (χ2n) is 6.72. The number of ether oxygens (including phenoxy) is 2.